The topological polar surface area (TPSA) is 167 Å². The van der Waals surface area contributed by atoms with Crippen LogP contribution in [0.5, 0.6) is 17.2 Å². The average Bonchev–Trinajstić information content (AvgIpc) is 3.73. The Hall–Kier alpha value is -4.78. The lowest BCUT2D eigenvalue weighted by molar-refractivity contribution is 0.313. The van der Waals surface area contributed by atoms with Crippen molar-refractivity contribution in [2.45, 2.75) is 19.3 Å². The van der Waals surface area contributed by atoms with E-state index in [2.05, 4.69) is 20.6 Å². The molecule has 5 aromatic rings. The summed E-state index contributed by atoms with van der Waals surface area (Å²) < 4.78 is 21.1. The summed E-state index contributed by atoms with van der Waals surface area (Å²) in [7, 11) is 0. The van der Waals surface area contributed by atoms with Crippen molar-refractivity contribution in [1.82, 2.24) is 30.0 Å². The first-order valence-corrected chi connectivity index (χ1v) is 14.4. The lowest BCUT2D eigenvalue weighted by Gasteiger charge is -2.09. The summed E-state index contributed by atoms with van der Waals surface area (Å²) >= 11 is 0. The van der Waals surface area contributed by atoms with Crippen molar-refractivity contribution in [1.29, 1.82) is 0 Å². The van der Waals surface area contributed by atoms with Gasteiger partial charge in [0.1, 0.15) is 28.6 Å². The van der Waals surface area contributed by atoms with Crippen LogP contribution in [-0.4, -0.2) is 69.4 Å². The van der Waals surface area contributed by atoms with Gasteiger partial charge in [-0.1, -0.05) is 22.6 Å². The van der Waals surface area contributed by atoms with Gasteiger partial charge in [-0.25, -0.2) is 9.36 Å². The zero-order valence-corrected chi connectivity index (χ0v) is 24.0. The molecule has 5 rings (SSSR count). The lowest BCUT2D eigenvalue weighted by atomic mass is 10.1. The van der Waals surface area contributed by atoms with E-state index < -0.39 is 0 Å². The predicted octanol–water partition coefficient (Wildman–Crippen LogP) is 3.36. The van der Waals surface area contributed by atoms with Gasteiger partial charge in [-0.3, -0.25) is 0 Å². The van der Waals surface area contributed by atoms with Crippen LogP contribution in [0.2, 0.25) is 0 Å². The fraction of sp³-hybridized carbons (Fsp3) is 0.290. The van der Waals surface area contributed by atoms with Crippen molar-refractivity contribution in [2.24, 2.45) is 17.2 Å². The van der Waals surface area contributed by atoms with Gasteiger partial charge in [0, 0.05) is 23.3 Å². The fourth-order valence-corrected chi connectivity index (χ4v) is 4.27. The van der Waals surface area contributed by atoms with Crippen molar-refractivity contribution in [3.63, 3.8) is 0 Å². The van der Waals surface area contributed by atoms with E-state index in [1.165, 1.54) is 0 Å². The van der Waals surface area contributed by atoms with Gasteiger partial charge < -0.3 is 31.4 Å². The first-order chi connectivity index (χ1) is 21.2. The molecule has 0 saturated heterocycles. The van der Waals surface area contributed by atoms with Crippen LogP contribution in [0.1, 0.15) is 19.3 Å². The van der Waals surface area contributed by atoms with Gasteiger partial charge in [0.15, 0.2) is 0 Å². The molecule has 0 fully saturated rings. The highest BCUT2D eigenvalue weighted by Gasteiger charge is 2.14. The van der Waals surface area contributed by atoms with Gasteiger partial charge in [0.25, 0.3) is 0 Å². The molecule has 0 saturated carbocycles. The first-order valence-electron chi connectivity index (χ1n) is 14.4. The molecule has 0 aliphatic heterocycles. The number of rotatable bonds is 16. The quantitative estimate of drug-likeness (QED) is 0.147. The molecular weight excluding hydrogens is 546 g/mol. The Labute approximate surface area is 250 Å². The number of hydrogen-bond donors (Lipinski definition) is 3. The molecule has 0 aliphatic carbocycles. The summed E-state index contributed by atoms with van der Waals surface area (Å²) in [4.78, 5) is 0. The van der Waals surface area contributed by atoms with E-state index in [1.807, 2.05) is 79.1 Å². The fourth-order valence-electron chi connectivity index (χ4n) is 4.27. The molecule has 6 N–H and O–H groups in total. The molecule has 12 nitrogen and oxygen atoms in total. The predicted molar refractivity (Wildman–Crippen MR) is 165 cm³/mol. The Kier molecular flexibility index (Phi) is 10.3. The van der Waals surface area contributed by atoms with E-state index in [1.54, 1.807) is 9.36 Å². The van der Waals surface area contributed by atoms with Crippen LogP contribution in [0.3, 0.4) is 0 Å². The largest absolute Gasteiger partial charge is 0.494 e. The second-order valence-corrected chi connectivity index (χ2v) is 9.81. The summed E-state index contributed by atoms with van der Waals surface area (Å²) in [5, 5.41) is 17.6. The third-order valence-electron chi connectivity index (χ3n) is 6.50. The molecule has 2 aromatic heterocycles. The van der Waals surface area contributed by atoms with E-state index in [-0.39, 0.29) is 0 Å². The van der Waals surface area contributed by atoms with Crippen LogP contribution < -0.4 is 31.4 Å². The highest BCUT2D eigenvalue weighted by atomic mass is 16.5. The Bertz CT molecular complexity index is 1490. The molecule has 0 bridgehead atoms. The minimum absolute atomic E-state index is 0.493. The van der Waals surface area contributed by atoms with Crippen molar-refractivity contribution >= 4 is 0 Å². The molecule has 0 radical (unpaired) electrons. The SMILES string of the molecule is NCCCOc1cc(-c2cn(-c3cccc(OCCCN)c3)nn2)cc(-c2cn(-c3cccc(OCCCN)c3)nn2)c1. The minimum atomic E-state index is 0.493. The number of nitrogens with two attached hydrogens (primary N) is 3. The summed E-state index contributed by atoms with van der Waals surface area (Å²) in [6, 6.07) is 21.3. The minimum Gasteiger partial charge on any atom is -0.494 e. The van der Waals surface area contributed by atoms with Crippen LogP contribution in [0.4, 0.5) is 0 Å². The van der Waals surface area contributed by atoms with E-state index in [0.29, 0.717) is 56.6 Å². The van der Waals surface area contributed by atoms with Gasteiger partial charge in [0.2, 0.25) is 0 Å². The van der Waals surface area contributed by atoms with Crippen LogP contribution in [0.25, 0.3) is 33.9 Å². The molecule has 43 heavy (non-hydrogen) atoms. The summed E-state index contributed by atoms with van der Waals surface area (Å²) in [6.07, 6.45) is 6.05. The molecule has 224 valence electrons. The molecule has 12 heteroatoms. The summed E-state index contributed by atoms with van der Waals surface area (Å²) in [5.74, 6) is 2.17. The number of benzene rings is 3. The normalized spacial score (nSPS) is 11.0. The molecular formula is C31H37N9O3. The molecule has 2 heterocycles. The van der Waals surface area contributed by atoms with Crippen LogP contribution in [0, 0.1) is 0 Å². The zero-order chi connectivity index (χ0) is 29.9. The Balaban J connectivity index is 1.41. The average molecular weight is 584 g/mol. The third kappa shape index (κ3) is 7.95. The summed E-state index contributed by atoms with van der Waals surface area (Å²) in [6.45, 7) is 3.31. The number of ether oxygens (including phenoxy) is 3. The van der Waals surface area contributed by atoms with E-state index in [9.17, 15) is 0 Å². The van der Waals surface area contributed by atoms with E-state index in [0.717, 1.165) is 53.3 Å². The Morgan fingerprint density at radius 1 is 0.535 bits per heavy atom. The maximum atomic E-state index is 6.04. The third-order valence-corrected chi connectivity index (χ3v) is 6.50. The number of aromatic nitrogens is 6. The van der Waals surface area contributed by atoms with Crippen molar-refractivity contribution in [3.05, 3.63) is 79.1 Å². The van der Waals surface area contributed by atoms with Gasteiger partial charge in [0.05, 0.1) is 43.6 Å². The van der Waals surface area contributed by atoms with Gasteiger partial charge in [-0.15, -0.1) is 10.2 Å². The van der Waals surface area contributed by atoms with Crippen molar-refractivity contribution in [2.75, 3.05) is 39.5 Å². The smallest absolute Gasteiger partial charge is 0.121 e. The number of nitrogens with zero attached hydrogens (tertiary/aromatic N) is 6. The van der Waals surface area contributed by atoms with Gasteiger partial charge in [-0.2, -0.15) is 0 Å². The first kappa shape index (κ1) is 29.7. The van der Waals surface area contributed by atoms with Crippen LogP contribution in [-0.2, 0) is 0 Å². The highest BCUT2D eigenvalue weighted by molar-refractivity contribution is 5.71. The lowest BCUT2D eigenvalue weighted by Crippen LogP contribution is -2.06. The molecule has 0 unspecified atom stereocenters. The van der Waals surface area contributed by atoms with Gasteiger partial charge in [-0.05, 0) is 81.4 Å². The molecule has 0 amide bonds. The van der Waals surface area contributed by atoms with E-state index in [4.69, 9.17) is 31.4 Å². The van der Waals surface area contributed by atoms with Crippen LogP contribution in [0.15, 0.2) is 79.1 Å². The van der Waals surface area contributed by atoms with Crippen molar-refractivity contribution in [3.8, 4) is 51.1 Å². The Morgan fingerprint density at radius 3 is 1.42 bits per heavy atom. The number of hydrogen-bond acceptors (Lipinski definition) is 10. The highest BCUT2D eigenvalue weighted by Crippen LogP contribution is 2.31. The monoisotopic (exact) mass is 583 g/mol. The molecule has 3 aromatic carbocycles. The molecule has 0 atom stereocenters. The second kappa shape index (κ2) is 14.9. The maximum Gasteiger partial charge on any atom is 0.121 e. The van der Waals surface area contributed by atoms with E-state index >= 15 is 0 Å². The molecule has 0 spiro atoms. The summed E-state index contributed by atoms with van der Waals surface area (Å²) in [5.41, 5.74) is 21.5. The second-order valence-electron chi connectivity index (χ2n) is 9.81. The maximum absolute atomic E-state index is 6.04. The Morgan fingerprint density at radius 2 is 0.977 bits per heavy atom. The standard InChI is InChI=1S/C31H37N9O3/c32-10-3-13-41-27-8-1-6-25(19-27)39-21-30(35-37-39)23-16-24(18-29(17-23)43-15-5-12-34)31-22-40(38-36-31)26-7-2-9-28(20-26)42-14-4-11-33/h1-2,6-9,16-22H,3-5,10-15,32-34H2. The zero-order valence-electron chi connectivity index (χ0n) is 24.0. The van der Waals surface area contributed by atoms with Gasteiger partial charge >= 0.3 is 0 Å². The van der Waals surface area contributed by atoms with Crippen molar-refractivity contribution < 1.29 is 14.2 Å². The van der Waals surface area contributed by atoms with Crippen LogP contribution >= 0.6 is 0 Å². The molecule has 0 aliphatic rings.